The Hall–Kier alpha value is -4.28. The van der Waals surface area contributed by atoms with Crippen LogP contribution in [0.25, 0.3) is 11.3 Å². The minimum atomic E-state index is -3.77. The zero-order valence-electron chi connectivity index (χ0n) is 21.8. The largest absolute Gasteiger partial charge is 0.488 e. The maximum Gasteiger partial charge on any atom is 0.273 e. The van der Waals surface area contributed by atoms with Gasteiger partial charge in [0, 0.05) is 38.7 Å². The molecule has 0 saturated carbocycles. The number of primary sulfonamides is 1. The van der Waals surface area contributed by atoms with E-state index >= 15 is 0 Å². The first-order chi connectivity index (χ1) is 19.2. The number of hydrogen-bond donors (Lipinski definition) is 2. The molecule has 40 heavy (non-hydrogen) atoms. The second kappa shape index (κ2) is 12.7. The van der Waals surface area contributed by atoms with Gasteiger partial charge in [0.2, 0.25) is 15.9 Å². The van der Waals surface area contributed by atoms with Gasteiger partial charge in [-0.3, -0.25) is 4.79 Å². The molecular formula is C27H29FN6O5S. The van der Waals surface area contributed by atoms with Crippen molar-refractivity contribution in [2.45, 2.75) is 25.9 Å². The molecule has 1 amide bonds. The minimum Gasteiger partial charge on any atom is -0.488 e. The van der Waals surface area contributed by atoms with Crippen LogP contribution in [-0.4, -0.2) is 62.4 Å². The van der Waals surface area contributed by atoms with Crippen LogP contribution >= 0.6 is 0 Å². The van der Waals surface area contributed by atoms with E-state index in [0.717, 1.165) is 0 Å². The molecule has 0 spiro atoms. The molecule has 3 aromatic rings. The van der Waals surface area contributed by atoms with E-state index in [-0.39, 0.29) is 29.7 Å². The summed E-state index contributed by atoms with van der Waals surface area (Å²) in [7, 11) is -3.77. The molecule has 13 heteroatoms. The standard InChI is InChI=1S/C27H29FN6O5S/c1-2-38-27-21(4-3-11-32-27)22-6-8-24(25(33-22)26(35)31-12-15-40(30,36)37)39-20-9-13-34(14-10-20)23-7-5-19(28)16-18(23)17-29/h3-8,11,16,20H,2,9-10,12-15H2,1H3,(H,31,35)(H2,30,36,37). The highest BCUT2D eigenvalue weighted by Crippen LogP contribution is 2.31. The second-order valence-corrected chi connectivity index (χ2v) is 10.8. The van der Waals surface area contributed by atoms with Crippen molar-refractivity contribution in [3.8, 4) is 29.0 Å². The molecule has 11 nitrogen and oxygen atoms in total. The molecule has 1 aliphatic heterocycles. The lowest BCUT2D eigenvalue weighted by molar-refractivity contribution is 0.0940. The van der Waals surface area contributed by atoms with E-state index in [0.29, 0.717) is 55.4 Å². The van der Waals surface area contributed by atoms with Crippen molar-refractivity contribution in [1.29, 1.82) is 5.26 Å². The second-order valence-electron chi connectivity index (χ2n) is 9.03. The Labute approximate surface area is 231 Å². The van der Waals surface area contributed by atoms with Gasteiger partial charge in [-0.1, -0.05) is 0 Å². The van der Waals surface area contributed by atoms with Gasteiger partial charge in [0.15, 0.2) is 11.4 Å². The normalized spacial score (nSPS) is 13.9. The summed E-state index contributed by atoms with van der Waals surface area (Å²) in [4.78, 5) is 23.9. The van der Waals surface area contributed by atoms with Crippen LogP contribution < -0.4 is 24.8 Å². The third-order valence-corrected chi connectivity index (χ3v) is 7.00. The number of ether oxygens (including phenoxy) is 2. The fraction of sp³-hybridized carbons (Fsp3) is 0.333. The van der Waals surface area contributed by atoms with E-state index in [2.05, 4.69) is 15.3 Å². The Balaban J connectivity index is 1.55. The molecule has 0 radical (unpaired) electrons. The first kappa shape index (κ1) is 28.7. The highest BCUT2D eigenvalue weighted by atomic mass is 32.2. The van der Waals surface area contributed by atoms with Gasteiger partial charge in [0.05, 0.1) is 34.9 Å². The zero-order chi connectivity index (χ0) is 28.7. The third-order valence-electron chi connectivity index (χ3n) is 6.23. The van der Waals surface area contributed by atoms with E-state index in [9.17, 15) is 22.9 Å². The summed E-state index contributed by atoms with van der Waals surface area (Å²) >= 11 is 0. The van der Waals surface area contributed by atoms with Gasteiger partial charge in [-0.05, 0) is 49.4 Å². The van der Waals surface area contributed by atoms with Gasteiger partial charge >= 0.3 is 0 Å². The molecule has 4 rings (SSSR count). The molecule has 1 fully saturated rings. The summed E-state index contributed by atoms with van der Waals surface area (Å²) < 4.78 is 48.0. The van der Waals surface area contributed by atoms with Crippen LogP contribution in [0.1, 0.15) is 35.8 Å². The fourth-order valence-corrected chi connectivity index (χ4v) is 4.74. The van der Waals surface area contributed by atoms with Crippen molar-refractivity contribution in [3.05, 3.63) is 65.7 Å². The van der Waals surface area contributed by atoms with Crippen molar-refractivity contribution >= 4 is 21.6 Å². The van der Waals surface area contributed by atoms with Crippen LogP contribution in [0.3, 0.4) is 0 Å². The van der Waals surface area contributed by atoms with Crippen LogP contribution in [0.5, 0.6) is 11.6 Å². The molecule has 0 aliphatic carbocycles. The van der Waals surface area contributed by atoms with Crippen LogP contribution in [0, 0.1) is 17.1 Å². The summed E-state index contributed by atoms with van der Waals surface area (Å²) in [6, 6.07) is 13.0. The van der Waals surface area contributed by atoms with Crippen LogP contribution in [0.4, 0.5) is 10.1 Å². The Morgan fingerprint density at radius 2 is 2.02 bits per heavy atom. The maximum absolute atomic E-state index is 13.6. The summed E-state index contributed by atoms with van der Waals surface area (Å²) in [5.41, 5.74) is 1.90. The van der Waals surface area contributed by atoms with Gasteiger partial charge in [0.1, 0.15) is 18.0 Å². The monoisotopic (exact) mass is 568 g/mol. The number of aromatic nitrogens is 2. The number of nitriles is 1. The van der Waals surface area contributed by atoms with Gasteiger partial charge in [0.25, 0.3) is 5.91 Å². The van der Waals surface area contributed by atoms with Gasteiger partial charge in [-0.2, -0.15) is 5.26 Å². The average molecular weight is 569 g/mol. The molecule has 3 N–H and O–H groups in total. The van der Waals surface area contributed by atoms with E-state index in [1.165, 1.54) is 12.1 Å². The van der Waals surface area contributed by atoms with E-state index in [4.69, 9.17) is 14.6 Å². The van der Waals surface area contributed by atoms with Crippen molar-refractivity contribution in [1.82, 2.24) is 15.3 Å². The SMILES string of the molecule is CCOc1ncccc1-c1ccc(OC2CCN(c3ccc(F)cc3C#N)CC2)c(C(=O)NCCS(N)(=O)=O)n1. The third kappa shape index (κ3) is 7.22. The molecule has 2 aromatic heterocycles. The lowest BCUT2D eigenvalue weighted by atomic mass is 10.0. The topological polar surface area (TPSA) is 161 Å². The number of halogens is 1. The van der Waals surface area contributed by atoms with Crippen molar-refractivity contribution in [2.75, 3.05) is 36.9 Å². The number of benzene rings is 1. The number of nitrogens with zero attached hydrogens (tertiary/aromatic N) is 4. The number of hydrogen-bond acceptors (Lipinski definition) is 9. The summed E-state index contributed by atoms with van der Waals surface area (Å²) in [5, 5.41) is 17.0. The summed E-state index contributed by atoms with van der Waals surface area (Å²) in [5.74, 6) is -0.930. The minimum absolute atomic E-state index is 0.0223. The Morgan fingerprint density at radius 3 is 2.73 bits per heavy atom. The Morgan fingerprint density at radius 1 is 1.25 bits per heavy atom. The Kier molecular flexibility index (Phi) is 9.13. The zero-order valence-corrected chi connectivity index (χ0v) is 22.7. The van der Waals surface area contributed by atoms with E-state index < -0.39 is 27.5 Å². The van der Waals surface area contributed by atoms with Crippen molar-refractivity contribution in [2.24, 2.45) is 5.14 Å². The number of rotatable bonds is 10. The smallest absolute Gasteiger partial charge is 0.273 e. The van der Waals surface area contributed by atoms with E-state index in [1.807, 2.05) is 17.9 Å². The van der Waals surface area contributed by atoms with E-state index in [1.54, 1.807) is 36.5 Å². The molecule has 1 saturated heterocycles. The van der Waals surface area contributed by atoms with Crippen LogP contribution in [-0.2, 0) is 10.0 Å². The van der Waals surface area contributed by atoms with Gasteiger partial charge < -0.3 is 19.7 Å². The van der Waals surface area contributed by atoms with Crippen LogP contribution in [0.15, 0.2) is 48.7 Å². The maximum atomic E-state index is 13.6. The first-order valence-corrected chi connectivity index (χ1v) is 14.4. The predicted molar refractivity (Wildman–Crippen MR) is 146 cm³/mol. The molecule has 0 atom stereocenters. The number of anilines is 1. The summed E-state index contributed by atoms with van der Waals surface area (Å²) in [6.45, 7) is 3.13. The Bertz CT molecular complexity index is 1520. The quantitative estimate of drug-likeness (QED) is 0.375. The number of amides is 1. The molecule has 1 aromatic carbocycles. The molecule has 0 unspecified atom stereocenters. The first-order valence-electron chi connectivity index (χ1n) is 12.7. The summed E-state index contributed by atoms with van der Waals surface area (Å²) in [6.07, 6.45) is 2.48. The molecule has 1 aliphatic rings. The van der Waals surface area contributed by atoms with Crippen molar-refractivity contribution in [3.63, 3.8) is 0 Å². The number of carbonyl (C=O) groups excluding carboxylic acids is 1. The molecule has 210 valence electrons. The highest BCUT2D eigenvalue weighted by Gasteiger charge is 2.26. The number of sulfonamides is 1. The number of carbonyl (C=O) groups is 1. The predicted octanol–water partition coefficient (Wildman–Crippen LogP) is 2.62. The molecular weight excluding hydrogens is 539 g/mol. The van der Waals surface area contributed by atoms with Gasteiger partial charge in [-0.15, -0.1) is 0 Å². The van der Waals surface area contributed by atoms with Crippen LogP contribution in [0.2, 0.25) is 0 Å². The molecule has 3 heterocycles. The van der Waals surface area contributed by atoms with Crippen molar-refractivity contribution < 1.29 is 27.1 Å². The lowest BCUT2D eigenvalue weighted by Crippen LogP contribution is -2.39. The number of piperidine rings is 1. The highest BCUT2D eigenvalue weighted by molar-refractivity contribution is 7.89. The van der Waals surface area contributed by atoms with Gasteiger partial charge in [-0.25, -0.2) is 27.9 Å². The number of pyridine rings is 2. The lowest BCUT2D eigenvalue weighted by Gasteiger charge is -2.34. The average Bonchev–Trinajstić information content (AvgIpc) is 2.93. The number of nitrogens with one attached hydrogen (secondary N) is 1. The fourth-order valence-electron chi connectivity index (χ4n) is 4.35. The molecule has 0 bridgehead atoms. The number of nitrogens with two attached hydrogens (primary N) is 1.